The van der Waals surface area contributed by atoms with Gasteiger partial charge in [-0.1, -0.05) is 0 Å². The third kappa shape index (κ3) is 10.9. The first-order chi connectivity index (χ1) is 2.56. The fraction of sp³-hybridized carbons (Fsp3) is 1.00. The molecule has 0 spiro atoms. The summed E-state index contributed by atoms with van der Waals surface area (Å²) in [6.45, 7) is 6.40. The Kier molecular flexibility index (Phi) is 5.92. The maximum absolute atomic E-state index is 3.10. The van der Waals surface area contributed by atoms with E-state index in [1.165, 1.54) is 0 Å². The smallest absolute Gasteiger partial charge is 0.0149 e. The molecule has 0 aromatic heterocycles. The fourth-order valence-electron chi connectivity index (χ4n) is 0. The molecule has 43 valence electrons. The molecular weight excluding hydrogens is 138 g/mol. The summed E-state index contributed by atoms with van der Waals surface area (Å²) in [5.74, 6) is 0. The van der Waals surface area contributed by atoms with E-state index in [1.54, 1.807) is 0 Å². The molecule has 0 heterocycles. The van der Waals surface area contributed by atoms with Gasteiger partial charge in [0.2, 0.25) is 0 Å². The Bertz CT molecular complexity index is 41.4. The standard InChI is InChI=1S/C4H10N.H4Si.Ti/c1-4(2,3)5;;/h5H,1-3H3;1H4;/q-1;;+1. The summed E-state index contributed by atoms with van der Waals surface area (Å²) in [7, 11) is 0. The summed E-state index contributed by atoms with van der Waals surface area (Å²) in [4.78, 5) is 0. The number of hydrogen-bond acceptors (Lipinski definition) is 1. The van der Waals surface area contributed by atoms with Crippen LogP contribution in [0.5, 0.6) is 0 Å². The van der Waals surface area contributed by atoms with Gasteiger partial charge in [0.15, 0.2) is 0 Å². The molecule has 0 aliphatic rings. The Morgan fingerprint density at radius 2 is 1.43 bits per heavy atom. The van der Waals surface area contributed by atoms with Crippen LogP contribution in [0, 0.1) is 0 Å². The minimum atomic E-state index is 0. The van der Waals surface area contributed by atoms with Crippen molar-refractivity contribution in [2.45, 2.75) is 26.3 Å². The largest absolute Gasteiger partial charge is 0.0149 e. The van der Waals surface area contributed by atoms with Crippen LogP contribution in [0.15, 0.2) is 0 Å². The fourth-order valence-corrected chi connectivity index (χ4v) is 0. The van der Waals surface area contributed by atoms with Crippen molar-refractivity contribution in [3.05, 3.63) is 0 Å². The maximum Gasteiger partial charge on any atom is -0.0149 e. The molecule has 3 heteroatoms. The van der Waals surface area contributed by atoms with Crippen LogP contribution in [0.25, 0.3) is 0 Å². The second-order valence-electron chi connectivity index (χ2n) is 2.38. The Morgan fingerprint density at radius 1 is 1.29 bits per heavy atom. The summed E-state index contributed by atoms with van der Waals surface area (Å²) in [5, 5.41) is 0. The first-order valence-electron chi connectivity index (χ1n) is 2.00. The van der Waals surface area contributed by atoms with Crippen molar-refractivity contribution in [3.63, 3.8) is 0 Å². The zero-order valence-corrected chi connectivity index (χ0v) is 6.06. The predicted octanol–water partition coefficient (Wildman–Crippen LogP) is -0.615. The van der Waals surface area contributed by atoms with Crippen LogP contribution >= 0.6 is 0 Å². The third-order valence-corrected chi connectivity index (χ3v) is 1.55. The average Bonchev–Trinajstić information content (AvgIpc) is 1.35. The first-order valence-corrected chi connectivity index (χ1v) is 2.78. The van der Waals surface area contributed by atoms with Crippen molar-refractivity contribution in [2.75, 3.05) is 0 Å². The van der Waals surface area contributed by atoms with Gasteiger partial charge in [-0.3, -0.25) is 0 Å². The normalized spacial score (nSPS) is 10.0. The van der Waals surface area contributed by atoms with Crippen molar-refractivity contribution >= 4 is 11.0 Å². The zero-order chi connectivity index (χ0) is 5.21. The monoisotopic (exact) mass is 152 g/mol. The van der Waals surface area contributed by atoms with Gasteiger partial charge in [-0.2, -0.15) is 0 Å². The molecule has 0 rings (SSSR count). The molecule has 0 aliphatic heterocycles. The van der Waals surface area contributed by atoms with E-state index in [0.717, 1.165) is 0 Å². The van der Waals surface area contributed by atoms with E-state index >= 15 is 0 Å². The molecule has 1 nitrogen and oxygen atoms in total. The van der Waals surface area contributed by atoms with Crippen molar-refractivity contribution in [3.8, 4) is 0 Å². The Hall–Kier alpha value is 0.891. The Morgan fingerprint density at radius 3 is 1.43 bits per heavy atom. The molecule has 0 amide bonds. The molecule has 7 heavy (non-hydrogen) atoms. The molecule has 0 saturated carbocycles. The van der Waals surface area contributed by atoms with Gasteiger partial charge in [-0.15, -0.1) is 0 Å². The molecule has 0 fully saturated rings. The number of hydrogen-bond donors (Lipinski definition) is 1. The third-order valence-electron chi connectivity index (χ3n) is 0.375. The van der Waals surface area contributed by atoms with Crippen LogP contribution in [0.1, 0.15) is 20.8 Å². The minimum absolute atomic E-state index is 0. The van der Waals surface area contributed by atoms with Crippen molar-refractivity contribution in [1.82, 2.24) is 3.80 Å². The topological polar surface area (TPSA) is 12.0 Å². The van der Waals surface area contributed by atoms with Crippen LogP contribution in [0.2, 0.25) is 0 Å². The van der Waals surface area contributed by atoms with Gasteiger partial charge < -0.3 is 0 Å². The number of rotatable bonds is 0. The van der Waals surface area contributed by atoms with Crippen molar-refractivity contribution in [2.24, 2.45) is 0 Å². The molecule has 0 aliphatic carbocycles. The van der Waals surface area contributed by atoms with Crippen LogP contribution in [-0.4, -0.2) is 16.5 Å². The molecule has 0 unspecified atom stereocenters. The van der Waals surface area contributed by atoms with E-state index < -0.39 is 0 Å². The van der Waals surface area contributed by atoms with Gasteiger partial charge in [0.25, 0.3) is 0 Å². The van der Waals surface area contributed by atoms with Crippen molar-refractivity contribution < 1.29 is 20.7 Å². The molecule has 0 saturated heterocycles. The van der Waals surface area contributed by atoms with Crippen LogP contribution < -0.4 is 3.80 Å². The summed E-state index contributed by atoms with van der Waals surface area (Å²) in [5.41, 5.74) is 0.292. The van der Waals surface area contributed by atoms with E-state index in [1.807, 2.05) is 20.7 Å². The molecule has 0 atom stereocenters. The minimum Gasteiger partial charge on any atom is -0.0149 e. The van der Waals surface area contributed by atoms with E-state index in [-0.39, 0.29) is 11.0 Å². The molecule has 0 aromatic carbocycles. The Balaban J connectivity index is 0. The summed E-state index contributed by atoms with van der Waals surface area (Å²) < 4.78 is 3.10. The second kappa shape index (κ2) is 3.84. The van der Waals surface area contributed by atoms with Gasteiger partial charge in [-0.25, -0.2) is 0 Å². The molecule has 0 radical (unpaired) electrons. The van der Waals surface area contributed by atoms with Crippen LogP contribution in [-0.2, 0) is 20.7 Å². The average molecular weight is 152 g/mol. The second-order valence-corrected chi connectivity index (χ2v) is 2.77. The van der Waals surface area contributed by atoms with Gasteiger partial charge in [0.1, 0.15) is 0 Å². The van der Waals surface area contributed by atoms with Gasteiger partial charge in [0, 0.05) is 0 Å². The Labute approximate surface area is 62.0 Å². The van der Waals surface area contributed by atoms with Crippen molar-refractivity contribution in [1.29, 1.82) is 0 Å². The van der Waals surface area contributed by atoms with Crippen LogP contribution in [0.3, 0.4) is 0 Å². The summed E-state index contributed by atoms with van der Waals surface area (Å²) >= 11 is 1.96. The zero-order valence-electron chi connectivity index (χ0n) is 4.50. The summed E-state index contributed by atoms with van der Waals surface area (Å²) in [6, 6.07) is 0. The summed E-state index contributed by atoms with van der Waals surface area (Å²) in [6.07, 6.45) is 0. The quantitative estimate of drug-likeness (QED) is 0.456. The SMILES string of the molecule is CC(C)(C)[NH][Ti].[SiH4]. The van der Waals surface area contributed by atoms with Gasteiger partial charge >= 0.3 is 50.8 Å². The molecular formula is C4H14NSiTi. The maximum atomic E-state index is 3.10. The first kappa shape index (κ1) is 10.8. The van der Waals surface area contributed by atoms with E-state index in [0.29, 0.717) is 5.54 Å². The molecule has 0 bridgehead atoms. The van der Waals surface area contributed by atoms with E-state index in [9.17, 15) is 0 Å². The van der Waals surface area contributed by atoms with Gasteiger partial charge in [-0.05, 0) is 11.0 Å². The molecule has 1 N–H and O–H groups in total. The van der Waals surface area contributed by atoms with Crippen LogP contribution in [0.4, 0.5) is 0 Å². The molecule has 0 aromatic rings. The van der Waals surface area contributed by atoms with E-state index in [2.05, 4.69) is 24.6 Å². The van der Waals surface area contributed by atoms with Gasteiger partial charge in [0.05, 0.1) is 0 Å². The number of nitrogens with one attached hydrogen (secondary N) is 1. The predicted molar refractivity (Wildman–Crippen MR) is 34.2 cm³/mol. The van der Waals surface area contributed by atoms with E-state index in [4.69, 9.17) is 0 Å².